The molecule has 0 fully saturated rings. The van der Waals surface area contributed by atoms with Gasteiger partial charge in [0.15, 0.2) is 6.73 Å². The molecule has 7 heteroatoms. The second-order valence-corrected chi connectivity index (χ2v) is 11.1. The molecule has 178 valence electrons. The Hall–Kier alpha value is -2.21. The van der Waals surface area contributed by atoms with Gasteiger partial charge in [0, 0.05) is 17.4 Å². The van der Waals surface area contributed by atoms with Crippen molar-refractivity contribution in [3.05, 3.63) is 78.4 Å². The molecule has 0 saturated carbocycles. The Kier molecular flexibility index (Phi) is 7.99. The summed E-state index contributed by atoms with van der Waals surface area (Å²) in [6, 6.07) is 24.3. The van der Waals surface area contributed by atoms with Crippen molar-refractivity contribution in [2.24, 2.45) is 0 Å². The van der Waals surface area contributed by atoms with E-state index in [9.17, 15) is 9.46 Å². The number of phosphoric acid groups is 1. The Morgan fingerprint density at radius 1 is 0.939 bits per heavy atom. The van der Waals surface area contributed by atoms with Gasteiger partial charge in [-0.15, -0.1) is 0 Å². The molecule has 6 nitrogen and oxygen atoms in total. The van der Waals surface area contributed by atoms with Gasteiger partial charge in [-0.1, -0.05) is 66.7 Å². The molecule has 0 bridgehead atoms. The van der Waals surface area contributed by atoms with Gasteiger partial charge in [-0.3, -0.25) is 9.01 Å². The van der Waals surface area contributed by atoms with E-state index in [1.807, 2.05) is 56.6 Å². The highest BCUT2D eigenvalue weighted by Gasteiger charge is 2.36. The smallest absolute Gasteiger partial charge is 0.477 e. The molecule has 3 aromatic carbocycles. The monoisotopic (exact) mass is 472 g/mol. The zero-order valence-electron chi connectivity index (χ0n) is 20.1. The standard InChI is InChI=1S/C26H34NO5P/c1-26(2,3)32-33(28,29)31-20-27(4,5)24(22-13-7-6-8-14-22)18-19-30-25-17-11-15-21-12-9-10-16-23(21)25/h6-17,24H,18-20H2,1-5H3/p+1/t24-/m0/s1. The van der Waals surface area contributed by atoms with Crippen molar-refractivity contribution in [1.82, 2.24) is 0 Å². The topological polar surface area (TPSA) is 65.0 Å². The van der Waals surface area contributed by atoms with E-state index in [1.165, 1.54) is 0 Å². The highest BCUT2D eigenvalue weighted by molar-refractivity contribution is 7.47. The fraction of sp³-hybridized carbons (Fsp3) is 0.385. The zero-order valence-corrected chi connectivity index (χ0v) is 21.0. The normalized spacial score (nSPS) is 15.2. The molecule has 3 aromatic rings. The minimum absolute atomic E-state index is 0.0116. The molecule has 0 aromatic heterocycles. The quantitative estimate of drug-likeness (QED) is 0.213. The zero-order chi connectivity index (χ0) is 24.1. The molecule has 0 spiro atoms. The molecule has 0 amide bonds. The van der Waals surface area contributed by atoms with Crippen LogP contribution in [0.5, 0.6) is 5.75 Å². The summed E-state index contributed by atoms with van der Waals surface area (Å²) in [6.07, 6.45) is 0.694. The first-order valence-corrected chi connectivity index (χ1v) is 12.6. The van der Waals surface area contributed by atoms with E-state index >= 15 is 0 Å². The van der Waals surface area contributed by atoms with Crippen LogP contribution in [0.2, 0.25) is 0 Å². The van der Waals surface area contributed by atoms with Crippen molar-refractivity contribution in [2.45, 2.75) is 38.8 Å². The predicted octanol–water partition coefficient (Wildman–Crippen LogP) is 6.32. The van der Waals surface area contributed by atoms with Crippen molar-refractivity contribution in [1.29, 1.82) is 0 Å². The van der Waals surface area contributed by atoms with Gasteiger partial charge >= 0.3 is 7.82 Å². The highest BCUT2D eigenvalue weighted by Crippen LogP contribution is 2.48. The maximum Gasteiger partial charge on any atom is 0.477 e. The van der Waals surface area contributed by atoms with Crippen LogP contribution in [-0.2, 0) is 13.6 Å². The van der Waals surface area contributed by atoms with Gasteiger partial charge < -0.3 is 9.63 Å². The Labute approximate surface area is 196 Å². The van der Waals surface area contributed by atoms with E-state index in [0.29, 0.717) is 17.5 Å². The van der Waals surface area contributed by atoms with Crippen LogP contribution in [0.25, 0.3) is 10.8 Å². The summed E-state index contributed by atoms with van der Waals surface area (Å²) in [5, 5.41) is 2.21. The average molecular weight is 473 g/mol. The molecule has 2 atom stereocenters. The molecule has 0 aliphatic carbocycles. The van der Waals surface area contributed by atoms with Gasteiger partial charge in [-0.25, -0.2) is 9.09 Å². The summed E-state index contributed by atoms with van der Waals surface area (Å²) >= 11 is 0. The third-order valence-corrected chi connectivity index (χ3v) is 6.59. The number of benzene rings is 3. The highest BCUT2D eigenvalue weighted by atomic mass is 31.2. The first-order chi connectivity index (χ1) is 15.5. The first-order valence-electron chi connectivity index (χ1n) is 11.1. The van der Waals surface area contributed by atoms with Crippen molar-refractivity contribution < 1.29 is 27.7 Å². The maximum absolute atomic E-state index is 12.4. The predicted molar refractivity (Wildman–Crippen MR) is 132 cm³/mol. The van der Waals surface area contributed by atoms with E-state index in [4.69, 9.17) is 13.8 Å². The molecule has 3 rings (SSSR count). The molecule has 0 heterocycles. The third kappa shape index (κ3) is 7.39. The Morgan fingerprint density at radius 2 is 1.58 bits per heavy atom. The van der Waals surface area contributed by atoms with Crippen molar-refractivity contribution in [3.63, 3.8) is 0 Å². The molecule has 1 N–H and O–H groups in total. The van der Waals surface area contributed by atoms with Gasteiger partial charge in [-0.2, -0.15) is 0 Å². The lowest BCUT2D eigenvalue weighted by Gasteiger charge is -2.38. The SMILES string of the molecule is CC(C)(C)OP(=O)(O)OC[N+](C)(C)[C@@H](CCOc1cccc2ccccc12)c1ccccc1. The molecule has 0 radical (unpaired) electrons. The van der Waals surface area contributed by atoms with Crippen LogP contribution in [0, 0.1) is 0 Å². The summed E-state index contributed by atoms with van der Waals surface area (Å²) in [7, 11) is -0.232. The lowest BCUT2D eigenvalue weighted by Crippen LogP contribution is -2.45. The van der Waals surface area contributed by atoms with Crippen LogP contribution in [0.4, 0.5) is 0 Å². The molecule has 0 saturated heterocycles. The minimum Gasteiger partial charge on any atom is -0.493 e. The number of quaternary nitrogens is 1. The fourth-order valence-electron chi connectivity index (χ4n) is 3.88. The molecule has 0 aliphatic heterocycles. The second-order valence-electron chi connectivity index (χ2n) is 9.75. The van der Waals surface area contributed by atoms with Crippen LogP contribution < -0.4 is 4.74 Å². The van der Waals surface area contributed by atoms with Crippen molar-refractivity contribution in [2.75, 3.05) is 27.4 Å². The summed E-state index contributed by atoms with van der Waals surface area (Å²) in [6.45, 7) is 5.66. The number of ether oxygens (including phenoxy) is 1. The minimum atomic E-state index is -4.19. The lowest BCUT2D eigenvalue weighted by molar-refractivity contribution is -0.936. The average Bonchev–Trinajstić information content (AvgIpc) is 2.74. The number of fused-ring (bicyclic) bond motifs is 1. The van der Waals surface area contributed by atoms with Crippen LogP contribution in [0.3, 0.4) is 0 Å². The first kappa shape index (κ1) is 25.4. The number of phosphoric ester groups is 1. The largest absolute Gasteiger partial charge is 0.493 e. The molecule has 33 heavy (non-hydrogen) atoms. The van der Waals surface area contributed by atoms with Crippen LogP contribution in [0.15, 0.2) is 72.8 Å². The molecular formula is C26H35NO5P+. The Balaban J connectivity index is 1.74. The van der Waals surface area contributed by atoms with Crippen molar-refractivity contribution >= 4 is 18.6 Å². The lowest BCUT2D eigenvalue weighted by atomic mass is 10.0. The van der Waals surface area contributed by atoms with Gasteiger partial charge in [0.1, 0.15) is 11.8 Å². The number of hydrogen-bond acceptors (Lipinski definition) is 4. The van der Waals surface area contributed by atoms with Crippen molar-refractivity contribution in [3.8, 4) is 5.75 Å². The summed E-state index contributed by atoms with van der Waals surface area (Å²) in [5.74, 6) is 0.847. The third-order valence-electron chi connectivity index (χ3n) is 5.37. The number of hydrogen-bond donors (Lipinski definition) is 1. The Morgan fingerprint density at radius 3 is 2.27 bits per heavy atom. The van der Waals surface area contributed by atoms with Gasteiger partial charge in [0.25, 0.3) is 0 Å². The molecular weight excluding hydrogens is 437 g/mol. The van der Waals surface area contributed by atoms with Gasteiger partial charge in [0.2, 0.25) is 0 Å². The summed E-state index contributed by atoms with van der Waals surface area (Å²) in [5.41, 5.74) is 0.323. The fourth-order valence-corrected chi connectivity index (χ4v) is 5.07. The van der Waals surface area contributed by atoms with Gasteiger partial charge in [0.05, 0.1) is 26.3 Å². The molecule has 0 aliphatic rings. The summed E-state index contributed by atoms with van der Waals surface area (Å²) < 4.78 is 29.6. The second kappa shape index (κ2) is 10.4. The van der Waals surface area contributed by atoms with E-state index in [0.717, 1.165) is 22.1 Å². The Bertz CT molecular complexity index is 1090. The number of nitrogens with zero attached hydrogens (tertiary/aromatic N) is 1. The van der Waals surface area contributed by atoms with E-state index in [2.05, 4.69) is 30.3 Å². The summed E-state index contributed by atoms with van der Waals surface area (Å²) in [4.78, 5) is 10.2. The van der Waals surface area contributed by atoms with E-state index < -0.39 is 13.4 Å². The van der Waals surface area contributed by atoms with E-state index in [1.54, 1.807) is 20.8 Å². The number of rotatable bonds is 10. The molecule has 1 unspecified atom stereocenters. The van der Waals surface area contributed by atoms with Crippen LogP contribution >= 0.6 is 7.82 Å². The van der Waals surface area contributed by atoms with E-state index in [-0.39, 0.29) is 12.8 Å². The maximum atomic E-state index is 12.4. The van der Waals surface area contributed by atoms with Crippen LogP contribution in [0.1, 0.15) is 38.8 Å². The van der Waals surface area contributed by atoms with Gasteiger partial charge in [-0.05, 0) is 32.2 Å². The van der Waals surface area contributed by atoms with Crippen LogP contribution in [-0.4, -0.2) is 42.4 Å².